The average molecular weight is 187 g/mol. The molecule has 0 aliphatic carbocycles. The van der Waals surface area contributed by atoms with Crippen molar-refractivity contribution in [3.05, 3.63) is 29.3 Å². The van der Waals surface area contributed by atoms with Crippen LogP contribution in [0.4, 0.5) is 8.78 Å². The van der Waals surface area contributed by atoms with E-state index in [9.17, 15) is 8.78 Å². The third kappa shape index (κ3) is 1.95. The van der Waals surface area contributed by atoms with Crippen LogP contribution in [-0.4, -0.2) is 12.2 Å². The molecule has 0 bridgehead atoms. The van der Waals surface area contributed by atoms with Gasteiger partial charge in [-0.3, -0.25) is 0 Å². The molecular weight excluding hydrogens is 176 g/mol. The molecule has 1 unspecified atom stereocenters. The van der Waals surface area contributed by atoms with Crippen LogP contribution in [0.15, 0.2) is 12.1 Å². The zero-order valence-corrected chi connectivity index (χ0v) is 7.44. The van der Waals surface area contributed by atoms with Crippen LogP contribution < -0.4 is 5.32 Å². The van der Waals surface area contributed by atoms with E-state index in [0.717, 1.165) is 6.07 Å². The van der Waals surface area contributed by atoms with Gasteiger partial charge in [-0.05, 0) is 31.7 Å². The van der Waals surface area contributed by atoms with Crippen molar-refractivity contribution < 1.29 is 13.9 Å². The second-order valence-electron chi connectivity index (χ2n) is 2.85. The summed E-state index contributed by atoms with van der Waals surface area (Å²) < 4.78 is 25.4. The van der Waals surface area contributed by atoms with E-state index in [0.29, 0.717) is 5.56 Å². The molecule has 13 heavy (non-hydrogen) atoms. The molecule has 1 aromatic rings. The molecule has 1 atom stereocenters. The summed E-state index contributed by atoms with van der Waals surface area (Å²) >= 11 is 0. The molecule has 0 fully saturated rings. The summed E-state index contributed by atoms with van der Waals surface area (Å²) in [5.74, 6) is -2.89. The fourth-order valence-corrected chi connectivity index (χ4v) is 1.01. The minimum absolute atomic E-state index is 0.124. The van der Waals surface area contributed by atoms with E-state index < -0.39 is 17.4 Å². The van der Waals surface area contributed by atoms with Gasteiger partial charge in [-0.15, -0.1) is 0 Å². The Hall–Kier alpha value is -1.16. The largest absolute Gasteiger partial charge is 0.505 e. The molecule has 4 heteroatoms. The van der Waals surface area contributed by atoms with Crippen LogP contribution in [0, 0.1) is 11.6 Å². The van der Waals surface area contributed by atoms with Gasteiger partial charge in [-0.1, -0.05) is 0 Å². The number of hydrogen-bond donors (Lipinski definition) is 2. The van der Waals surface area contributed by atoms with Crippen LogP contribution in [0.3, 0.4) is 0 Å². The number of halogens is 2. The first kappa shape index (κ1) is 9.92. The van der Waals surface area contributed by atoms with Gasteiger partial charge in [0.25, 0.3) is 0 Å². The van der Waals surface area contributed by atoms with Crippen molar-refractivity contribution in [3.63, 3.8) is 0 Å². The number of phenolic OH excluding ortho intramolecular Hbond substituents is 1. The molecule has 0 radical (unpaired) electrons. The highest BCUT2D eigenvalue weighted by Crippen LogP contribution is 2.23. The number of benzene rings is 1. The van der Waals surface area contributed by atoms with E-state index in [1.807, 2.05) is 0 Å². The van der Waals surface area contributed by atoms with Crippen LogP contribution in [0.5, 0.6) is 5.75 Å². The second-order valence-corrected chi connectivity index (χ2v) is 2.85. The standard InChI is InChI=1S/C9H11F2NO/c1-5(12-2)6-3-7(10)9(11)8(13)4-6/h3-5,12-13H,1-2H3. The van der Waals surface area contributed by atoms with E-state index in [-0.39, 0.29) is 6.04 Å². The van der Waals surface area contributed by atoms with E-state index >= 15 is 0 Å². The van der Waals surface area contributed by atoms with Gasteiger partial charge in [-0.25, -0.2) is 4.39 Å². The monoisotopic (exact) mass is 187 g/mol. The van der Waals surface area contributed by atoms with Gasteiger partial charge in [0.1, 0.15) is 0 Å². The SMILES string of the molecule is CNC(C)c1cc(O)c(F)c(F)c1. The topological polar surface area (TPSA) is 32.3 Å². The molecule has 0 spiro atoms. The Morgan fingerprint density at radius 3 is 2.46 bits per heavy atom. The number of hydrogen-bond acceptors (Lipinski definition) is 2. The van der Waals surface area contributed by atoms with Gasteiger partial charge in [0.05, 0.1) is 0 Å². The van der Waals surface area contributed by atoms with Gasteiger partial charge in [0, 0.05) is 6.04 Å². The molecule has 2 nitrogen and oxygen atoms in total. The predicted molar refractivity (Wildman–Crippen MR) is 45.5 cm³/mol. The Bertz CT molecular complexity index is 291. The number of aromatic hydroxyl groups is 1. The maximum absolute atomic E-state index is 12.8. The summed E-state index contributed by atoms with van der Waals surface area (Å²) in [6, 6.07) is 2.15. The fraction of sp³-hybridized carbons (Fsp3) is 0.333. The molecule has 0 saturated heterocycles. The van der Waals surface area contributed by atoms with E-state index in [4.69, 9.17) is 5.11 Å². The van der Waals surface area contributed by atoms with E-state index in [1.165, 1.54) is 6.07 Å². The fourth-order valence-electron chi connectivity index (χ4n) is 1.01. The van der Waals surface area contributed by atoms with Crippen LogP contribution in [0.1, 0.15) is 18.5 Å². The molecular formula is C9H11F2NO. The highest BCUT2D eigenvalue weighted by molar-refractivity contribution is 5.31. The first-order valence-electron chi connectivity index (χ1n) is 3.91. The zero-order valence-electron chi connectivity index (χ0n) is 7.44. The lowest BCUT2D eigenvalue weighted by Gasteiger charge is -2.11. The van der Waals surface area contributed by atoms with Crippen molar-refractivity contribution in [2.75, 3.05) is 7.05 Å². The molecule has 0 heterocycles. The first-order chi connectivity index (χ1) is 6.06. The van der Waals surface area contributed by atoms with Gasteiger partial charge in [0.15, 0.2) is 17.4 Å². The molecule has 0 aliphatic rings. The zero-order chi connectivity index (χ0) is 10.0. The lowest BCUT2D eigenvalue weighted by Crippen LogP contribution is -2.12. The van der Waals surface area contributed by atoms with Gasteiger partial charge < -0.3 is 10.4 Å². The number of phenols is 1. The summed E-state index contributed by atoms with van der Waals surface area (Å²) in [5.41, 5.74) is 0.513. The quantitative estimate of drug-likeness (QED) is 0.741. The van der Waals surface area contributed by atoms with Crippen molar-refractivity contribution in [1.82, 2.24) is 5.32 Å². The Balaban J connectivity index is 3.13. The summed E-state index contributed by atoms with van der Waals surface area (Å²) in [4.78, 5) is 0. The summed E-state index contributed by atoms with van der Waals surface area (Å²) in [6.45, 7) is 1.78. The molecule has 0 saturated carbocycles. The summed E-state index contributed by atoms with van der Waals surface area (Å²) in [7, 11) is 1.70. The third-order valence-corrected chi connectivity index (χ3v) is 1.96. The van der Waals surface area contributed by atoms with E-state index in [1.54, 1.807) is 14.0 Å². The van der Waals surface area contributed by atoms with Crippen LogP contribution in [0.2, 0.25) is 0 Å². The number of nitrogens with one attached hydrogen (secondary N) is 1. The first-order valence-corrected chi connectivity index (χ1v) is 3.91. The van der Waals surface area contributed by atoms with Crippen LogP contribution >= 0.6 is 0 Å². The Kier molecular flexibility index (Phi) is 2.83. The average Bonchev–Trinajstić information content (AvgIpc) is 2.12. The highest BCUT2D eigenvalue weighted by atomic mass is 19.2. The molecule has 1 aromatic carbocycles. The smallest absolute Gasteiger partial charge is 0.200 e. The maximum atomic E-state index is 12.8. The molecule has 1 rings (SSSR count). The van der Waals surface area contributed by atoms with Gasteiger partial charge in [0.2, 0.25) is 0 Å². The van der Waals surface area contributed by atoms with Crippen molar-refractivity contribution >= 4 is 0 Å². The molecule has 72 valence electrons. The van der Waals surface area contributed by atoms with Crippen molar-refractivity contribution in [2.45, 2.75) is 13.0 Å². The Labute approximate surface area is 75.2 Å². The van der Waals surface area contributed by atoms with Gasteiger partial charge >= 0.3 is 0 Å². The summed E-state index contributed by atoms with van der Waals surface area (Å²) in [5, 5.41) is 11.8. The minimum atomic E-state index is -1.20. The second kappa shape index (κ2) is 3.70. The third-order valence-electron chi connectivity index (χ3n) is 1.96. The van der Waals surface area contributed by atoms with Crippen LogP contribution in [0.25, 0.3) is 0 Å². The molecule has 0 aromatic heterocycles. The maximum Gasteiger partial charge on any atom is 0.200 e. The Morgan fingerprint density at radius 2 is 2.00 bits per heavy atom. The lowest BCUT2D eigenvalue weighted by atomic mass is 10.1. The van der Waals surface area contributed by atoms with Crippen LogP contribution in [-0.2, 0) is 0 Å². The normalized spacial score (nSPS) is 12.9. The minimum Gasteiger partial charge on any atom is -0.505 e. The molecule has 0 aliphatic heterocycles. The summed E-state index contributed by atoms with van der Waals surface area (Å²) in [6.07, 6.45) is 0. The Morgan fingerprint density at radius 1 is 1.38 bits per heavy atom. The van der Waals surface area contributed by atoms with Gasteiger partial charge in [-0.2, -0.15) is 4.39 Å². The van der Waals surface area contributed by atoms with Crippen molar-refractivity contribution in [1.29, 1.82) is 0 Å². The lowest BCUT2D eigenvalue weighted by molar-refractivity contribution is 0.404. The predicted octanol–water partition coefficient (Wildman–Crippen LogP) is 1.95. The van der Waals surface area contributed by atoms with Crippen molar-refractivity contribution in [3.8, 4) is 5.75 Å². The number of rotatable bonds is 2. The molecule has 2 N–H and O–H groups in total. The molecule has 0 amide bonds. The highest BCUT2D eigenvalue weighted by Gasteiger charge is 2.12. The van der Waals surface area contributed by atoms with Crippen molar-refractivity contribution in [2.24, 2.45) is 0 Å². The van der Waals surface area contributed by atoms with E-state index in [2.05, 4.69) is 5.32 Å².